The number of benzene rings is 3. The molecule has 0 bridgehead atoms. The maximum absolute atomic E-state index is 5.99. The van der Waals surface area contributed by atoms with Crippen LogP contribution in [0.3, 0.4) is 0 Å². The summed E-state index contributed by atoms with van der Waals surface area (Å²) in [5.41, 5.74) is 1.69. The van der Waals surface area contributed by atoms with E-state index in [0.717, 1.165) is 33.2 Å². The van der Waals surface area contributed by atoms with E-state index in [9.17, 15) is 0 Å². The zero-order valence-electron chi connectivity index (χ0n) is 15.2. The third-order valence-electron chi connectivity index (χ3n) is 4.47. The molecule has 0 atom stereocenters. The van der Waals surface area contributed by atoms with Crippen LogP contribution in [0.4, 0.5) is 11.6 Å². The number of ether oxygens (including phenoxy) is 1. The fraction of sp³-hybridized carbons (Fsp3) is 0.0455. The number of rotatable bonds is 4. The minimum absolute atomic E-state index is 0.285. The van der Waals surface area contributed by atoms with Crippen LogP contribution in [0.15, 0.2) is 72.8 Å². The zero-order chi connectivity index (χ0) is 18.9. The van der Waals surface area contributed by atoms with E-state index in [1.165, 1.54) is 0 Å². The van der Waals surface area contributed by atoms with Gasteiger partial charge >= 0.3 is 6.01 Å². The molecule has 2 N–H and O–H groups in total. The number of hydrogen-bond acceptors (Lipinski definition) is 5. The molecule has 0 amide bonds. The first-order valence-corrected chi connectivity index (χ1v) is 8.97. The second-order valence-electron chi connectivity index (χ2n) is 6.53. The smallest absolute Gasteiger partial charge is 0.324 e. The van der Waals surface area contributed by atoms with Crippen molar-refractivity contribution in [3.63, 3.8) is 0 Å². The predicted molar refractivity (Wildman–Crippen MR) is 110 cm³/mol. The number of para-hydroxylation sites is 1. The lowest BCUT2D eigenvalue weighted by atomic mass is 10.1. The van der Waals surface area contributed by atoms with Crippen molar-refractivity contribution >= 4 is 33.3 Å². The summed E-state index contributed by atoms with van der Waals surface area (Å²) in [5, 5.41) is 13.5. The monoisotopic (exact) mass is 367 g/mol. The fourth-order valence-electron chi connectivity index (χ4n) is 3.15. The number of aromatic amines is 1. The van der Waals surface area contributed by atoms with Gasteiger partial charge in [-0.15, -0.1) is 0 Å². The van der Waals surface area contributed by atoms with Crippen LogP contribution in [0, 0.1) is 6.92 Å². The normalized spacial score (nSPS) is 11.0. The molecule has 0 radical (unpaired) electrons. The van der Waals surface area contributed by atoms with Crippen LogP contribution < -0.4 is 10.1 Å². The number of aromatic nitrogens is 4. The van der Waals surface area contributed by atoms with Gasteiger partial charge in [0.05, 0.1) is 11.2 Å². The number of aryl methyl sites for hydroxylation is 1. The van der Waals surface area contributed by atoms with Crippen LogP contribution in [-0.2, 0) is 0 Å². The van der Waals surface area contributed by atoms with Crippen molar-refractivity contribution in [3.05, 3.63) is 78.5 Å². The van der Waals surface area contributed by atoms with E-state index in [1.54, 1.807) is 0 Å². The van der Waals surface area contributed by atoms with Gasteiger partial charge in [-0.3, -0.25) is 5.10 Å². The molecule has 5 rings (SSSR count). The van der Waals surface area contributed by atoms with E-state index in [2.05, 4.69) is 37.6 Å². The summed E-state index contributed by atoms with van der Waals surface area (Å²) >= 11 is 0. The van der Waals surface area contributed by atoms with Crippen molar-refractivity contribution in [2.45, 2.75) is 6.92 Å². The van der Waals surface area contributed by atoms with E-state index in [-0.39, 0.29) is 6.01 Å². The van der Waals surface area contributed by atoms with Crippen molar-refractivity contribution in [1.29, 1.82) is 0 Å². The first kappa shape index (κ1) is 16.3. The van der Waals surface area contributed by atoms with Gasteiger partial charge in [0.15, 0.2) is 0 Å². The SMILES string of the molecule is Cc1cc(Nc2nc(Oc3ccc4ccccc4c3)nc3ccccc23)[nH]n1. The third kappa shape index (κ3) is 3.12. The minimum Gasteiger partial charge on any atom is -0.424 e. The average molecular weight is 367 g/mol. The summed E-state index contributed by atoms with van der Waals surface area (Å²) in [6, 6.07) is 24.1. The topological polar surface area (TPSA) is 75.7 Å². The zero-order valence-corrected chi connectivity index (χ0v) is 15.2. The van der Waals surface area contributed by atoms with E-state index in [1.807, 2.05) is 67.6 Å². The lowest BCUT2D eigenvalue weighted by Gasteiger charge is -2.10. The Morgan fingerprint density at radius 1 is 0.857 bits per heavy atom. The van der Waals surface area contributed by atoms with Crippen LogP contribution >= 0.6 is 0 Å². The molecule has 0 saturated heterocycles. The van der Waals surface area contributed by atoms with Crippen LogP contribution in [-0.4, -0.2) is 20.2 Å². The molecule has 0 aliphatic heterocycles. The van der Waals surface area contributed by atoms with Gasteiger partial charge in [-0.1, -0.05) is 42.5 Å². The molecule has 28 heavy (non-hydrogen) atoms. The molecule has 5 aromatic rings. The molecule has 2 heterocycles. The van der Waals surface area contributed by atoms with Crippen LogP contribution in [0.1, 0.15) is 5.69 Å². The van der Waals surface area contributed by atoms with Crippen molar-refractivity contribution in [2.24, 2.45) is 0 Å². The van der Waals surface area contributed by atoms with E-state index >= 15 is 0 Å². The number of fused-ring (bicyclic) bond motifs is 2. The molecule has 0 unspecified atom stereocenters. The summed E-state index contributed by atoms with van der Waals surface area (Å²) in [4.78, 5) is 9.15. The molecule has 3 aromatic carbocycles. The molecule has 136 valence electrons. The average Bonchev–Trinajstić information content (AvgIpc) is 3.12. The van der Waals surface area contributed by atoms with Crippen molar-refractivity contribution in [3.8, 4) is 11.8 Å². The number of H-pyrrole nitrogens is 1. The van der Waals surface area contributed by atoms with Crippen LogP contribution in [0.2, 0.25) is 0 Å². The maximum atomic E-state index is 5.99. The molecule has 0 fully saturated rings. The van der Waals surface area contributed by atoms with Crippen molar-refractivity contribution in [2.75, 3.05) is 5.32 Å². The van der Waals surface area contributed by atoms with Gasteiger partial charge < -0.3 is 10.1 Å². The highest BCUT2D eigenvalue weighted by Gasteiger charge is 2.11. The molecule has 0 aliphatic rings. The molecule has 6 heteroatoms. The van der Waals surface area contributed by atoms with Crippen molar-refractivity contribution in [1.82, 2.24) is 20.2 Å². The van der Waals surface area contributed by atoms with Gasteiger partial charge in [-0.2, -0.15) is 15.1 Å². The Labute approximate surface area is 161 Å². The highest BCUT2D eigenvalue weighted by atomic mass is 16.5. The number of nitrogens with zero attached hydrogens (tertiary/aromatic N) is 3. The number of hydrogen-bond donors (Lipinski definition) is 2. The van der Waals surface area contributed by atoms with Gasteiger partial charge in [0.1, 0.15) is 17.4 Å². The Balaban J connectivity index is 1.54. The molecule has 6 nitrogen and oxygen atoms in total. The highest BCUT2D eigenvalue weighted by molar-refractivity contribution is 5.90. The molecular formula is C22H17N5O. The second-order valence-corrected chi connectivity index (χ2v) is 6.53. The summed E-state index contributed by atoms with van der Waals surface area (Å²) in [6.07, 6.45) is 0. The molecule has 0 spiro atoms. The van der Waals surface area contributed by atoms with Crippen molar-refractivity contribution < 1.29 is 4.74 Å². The Hall–Kier alpha value is -3.93. The van der Waals surface area contributed by atoms with Gasteiger partial charge in [0.25, 0.3) is 0 Å². The van der Waals surface area contributed by atoms with E-state index in [4.69, 9.17) is 4.74 Å². The van der Waals surface area contributed by atoms with Gasteiger partial charge in [0.2, 0.25) is 0 Å². The fourth-order valence-corrected chi connectivity index (χ4v) is 3.15. The number of anilines is 2. The molecule has 0 saturated carbocycles. The van der Waals surface area contributed by atoms with Gasteiger partial charge in [0, 0.05) is 11.5 Å². The van der Waals surface area contributed by atoms with Gasteiger partial charge in [-0.25, -0.2) is 0 Å². The molecular weight excluding hydrogens is 350 g/mol. The Morgan fingerprint density at radius 2 is 1.68 bits per heavy atom. The largest absolute Gasteiger partial charge is 0.424 e. The standard InChI is InChI=1S/C22H17N5O/c1-14-12-20(27-26-14)24-21-18-8-4-5-9-19(18)23-22(25-21)28-17-11-10-15-6-2-3-7-16(15)13-17/h2-13H,1H3,(H2,23,24,25,26,27). The predicted octanol–water partition coefficient (Wildman–Crippen LogP) is 5.35. The first-order chi connectivity index (χ1) is 13.7. The molecule has 0 aliphatic carbocycles. The summed E-state index contributed by atoms with van der Waals surface area (Å²) in [7, 11) is 0. The Kier molecular flexibility index (Phi) is 3.87. The maximum Gasteiger partial charge on any atom is 0.324 e. The lowest BCUT2D eigenvalue weighted by molar-refractivity contribution is 0.446. The van der Waals surface area contributed by atoms with E-state index in [0.29, 0.717) is 11.6 Å². The summed E-state index contributed by atoms with van der Waals surface area (Å²) < 4.78 is 5.99. The number of nitrogens with one attached hydrogen (secondary N) is 2. The minimum atomic E-state index is 0.285. The van der Waals surface area contributed by atoms with Crippen LogP contribution in [0.5, 0.6) is 11.8 Å². The first-order valence-electron chi connectivity index (χ1n) is 8.97. The third-order valence-corrected chi connectivity index (χ3v) is 4.47. The lowest BCUT2D eigenvalue weighted by Crippen LogP contribution is -2.00. The van der Waals surface area contributed by atoms with E-state index < -0.39 is 0 Å². The Bertz CT molecular complexity index is 1290. The Morgan fingerprint density at radius 3 is 2.54 bits per heavy atom. The summed E-state index contributed by atoms with van der Waals surface area (Å²) in [6.45, 7) is 1.92. The summed E-state index contributed by atoms with van der Waals surface area (Å²) in [5.74, 6) is 2.11. The highest BCUT2D eigenvalue weighted by Crippen LogP contribution is 2.29. The van der Waals surface area contributed by atoms with Crippen LogP contribution in [0.25, 0.3) is 21.7 Å². The second kappa shape index (κ2) is 6.66. The van der Waals surface area contributed by atoms with Gasteiger partial charge in [-0.05, 0) is 42.0 Å². The molecule has 2 aromatic heterocycles. The quantitative estimate of drug-likeness (QED) is 0.448.